The van der Waals surface area contributed by atoms with Crippen molar-refractivity contribution in [1.82, 2.24) is 0 Å². The first-order valence-electron chi connectivity index (χ1n) is 7.24. The number of benzene rings is 1. The molecule has 1 atom stereocenters. The quantitative estimate of drug-likeness (QED) is 0.829. The van der Waals surface area contributed by atoms with Crippen molar-refractivity contribution in [2.45, 2.75) is 52.1 Å². The minimum atomic E-state index is 0.179. The molecule has 2 rings (SSSR count). The predicted octanol–water partition coefficient (Wildman–Crippen LogP) is 3.72. The van der Waals surface area contributed by atoms with Crippen molar-refractivity contribution in [3.05, 3.63) is 29.8 Å². The van der Waals surface area contributed by atoms with Crippen molar-refractivity contribution >= 4 is 5.69 Å². The maximum Gasteiger partial charge on any atom is 0.0369 e. The van der Waals surface area contributed by atoms with Gasteiger partial charge in [0.1, 0.15) is 0 Å². The first-order valence-corrected chi connectivity index (χ1v) is 7.24. The largest absolute Gasteiger partial charge is 0.368 e. The van der Waals surface area contributed by atoms with Gasteiger partial charge < -0.3 is 10.6 Å². The highest BCUT2D eigenvalue weighted by atomic mass is 15.2. The summed E-state index contributed by atoms with van der Waals surface area (Å²) < 4.78 is 0. The lowest BCUT2D eigenvalue weighted by molar-refractivity contribution is 0.607. The molecule has 0 saturated heterocycles. The molecule has 0 aromatic heterocycles. The van der Waals surface area contributed by atoms with E-state index >= 15 is 0 Å². The number of nitrogens with two attached hydrogens (primary N) is 1. The molecule has 1 aromatic carbocycles. The summed E-state index contributed by atoms with van der Waals surface area (Å²) in [6.45, 7) is 7.87. The van der Waals surface area contributed by atoms with Gasteiger partial charge in [0.2, 0.25) is 0 Å². The molecule has 0 spiro atoms. The van der Waals surface area contributed by atoms with Gasteiger partial charge in [0, 0.05) is 24.3 Å². The minimum Gasteiger partial charge on any atom is -0.368 e. The second kappa shape index (κ2) is 5.75. The Morgan fingerprint density at radius 1 is 1.22 bits per heavy atom. The van der Waals surface area contributed by atoms with Gasteiger partial charge in [0.25, 0.3) is 0 Å². The molecule has 2 N–H and O–H groups in total. The van der Waals surface area contributed by atoms with Gasteiger partial charge >= 0.3 is 0 Å². The lowest BCUT2D eigenvalue weighted by Crippen LogP contribution is -2.29. The van der Waals surface area contributed by atoms with Crippen LogP contribution >= 0.6 is 0 Å². The van der Waals surface area contributed by atoms with Gasteiger partial charge in [-0.25, -0.2) is 0 Å². The molecule has 0 aliphatic heterocycles. The van der Waals surface area contributed by atoms with Crippen molar-refractivity contribution in [1.29, 1.82) is 0 Å². The van der Waals surface area contributed by atoms with Crippen molar-refractivity contribution < 1.29 is 0 Å². The molecule has 0 amide bonds. The summed E-state index contributed by atoms with van der Waals surface area (Å²) in [6.07, 6.45) is 3.70. The zero-order chi connectivity index (χ0) is 13.1. The Morgan fingerprint density at radius 2 is 1.83 bits per heavy atom. The third-order valence-corrected chi connectivity index (χ3v) is 3.64. The van der Waals surface area contributed by atoms with E-state index in [0.717, 1.165) is 19.0 Å². The zero-order valence-corrected chi connectivity index (χ0v) is 11.9. The highest BCUT2D eigenvalue weighted by Gasteiger charge is 2.29. The van der Waals surface area contributed by atoms with Gasteiger partial charge in [-0.15, -0.1) is 0 Å². The number of hydrogen-bond acceptors (Lipinski definition) is 2. The van der Waals surface area contributed by atoms with Gasteiger partial charge in [0.15, 0.2) is 0 Å². The molecule has 1 fully saturated rings. The molecule has 100 valence electrons. The average Bonchev–Trinajstić information content (AvgIpc) is 3.19. The van der Waals surface area contributed by atoms with Crippen LogP contribution in [0.25, 0.3) is 0 Å². The third kappa shape index (κ3) is 3.26. The Bertz CT molecular complexity index is 365. The summed E-state index contributed by atoms with van der Waals surface area (Å²) in [7, 11) is 0. The topological polar surface area (TPSA) is 29.3 Å². The van der Waals surface area contributed by atoms with Crippen LogP contribution in [-0.4, -0.2) is 12.6 Å². The molecule has 1 aliphatic rings. The van der Waals surface area contributed by atoms with Crippen LogP contribution in [0.4, 0.5) is 5.69 Å². The smallest absolute Gasteiger partial charge is 0.0369 e. The SMILES string of the molecule is CCC(N)c1ccc(N(CC(C)C)C2CC2)cc1. The number of rotatable bonds is 6. The maximum atomic E-state index is 6.06. The lowest BCUT2D eigenvalue weighted by Gasteiger charge is -2.27. The Hall–Kier alpha value is -1.02. The van der Waals surface area contributed by atoms with Crippen LogP contribution < -0.4 is 10.6 Å². The zero-order valence-electron chi connectivity index (χ0n) is 11.9. The first kappa shape index (κ1) is 13.4. The predicted molar refractivity (Wildman–Crippen MR) is 78.9 cm³/mol. The molecule has 2 heteroatoms. The van der Waals surface area contributed by atoms with Crippen molar-refractivity contribution in [2.75, 3.05) is 11.4 Å². The normalized spacial score (nSPS) is 16.9. The van der Waals surface area contributed by atoms with E-state index in [2.05, 4.69) is 49.9 Å². The molecule has 1 aliphatic carbocycles. The minimum absolute atomic E-state index is 0.179. The van der Waals surface area contributed by atoms with Gasteiger partial charge in [-0.1, -0.05) is 32.9 Å². The first-order chi connectivity index (χ1) is 8.61. The number of nitrogens with zero attached hydrogens (tertiary/aromatic N) is 1. The summed E-state index contributed by atoms with van der Waals surface area (Å²) in [6, 6.07) is 9.83. The van der Waals surface area contributed by atoms with Crippen LogP contribution in [0.3, 0.4) is 0 Å². The number of hydrogen-bond donors (Lipinski definition) is 1. The van der Waals surface area contributed by atoms with Crippen LogP contribution in [-0.2, 0) is 0 Å². The van der Waals surface area contributed by atoms with Crippen LogP contribution in [0, 0.1) is 5.92 Å². The highest BCUT2D eigenvalue weighted by molar-refractivity contribution is 5.50. The fraction of sp³-hybridized carbons (Fsp3) is 0.625. The summed E-state index contributed by atoms with van der Waals surface area (Å²) in [5.41, 5.74) is 8.67. The van der Waals surface area contributed by atoms with Crippen LogP contribution in [0.5, 0.6) is 0 Å². The van der Waals surface area contributed by atoms with Crippen LogP contribution in [0.15, 0.2) is 24.3 Å². The van der Waals surface area contributed by atoms with Crippen LogP contribution in [0.2, 0.25) is 0 Å². The van der Waals surface area contributed by atoms with E-state index in [4.69, 9.17) is 5.73 Å². The fourth-order valence-electron chi connectivity index (χ4n) is 2.39. The standard InChI is InChI=1S/C16H26N2/c1-4-16(17)13-5-7-14(8-6-13)18(11-12(2)3)15-9-10-15/h5-8,12,15-16H,4,9-11,17H2,1-3H3. The van der Waals surface area contributed by atoms with Gasteiger partial charge in [0.05, 0.1) is 0 Å². The molecular weight excluding hydrogens is 220 g/mol. The summed E-state index contributed by atoms with van der Waals surface area (Å²) >= 11 is 0. The molecule has 0 bridgehead atoms. The van der Waals surface area contributed by atoms with E-state index in [9.17, 15) is 0 Å². The molecule has 1 saturated carbocycles. The fourth-order valence-corrected chi connectivity index (χ4v) is 2.39. The van der Waals surface area contributed by atoms with Crippen LogP contribution in [0.1, 0.15) is 51.6 Å². The Balaban J connectivity index is 2.10. The van der Waals surface area contributed by atoms with E-state index < -0.39 is 0 Å². The second-order valence-corrected chi connectivity index (χ2v) is 5.88. The van der Waals surface area contributed by atoms with E-state index in [1.807, 2.05) is 0 Å². The van der Waals surface area contributed by atoms with Crippen molar-refractivity contribution in [3.8, 4) is 0 Å². The molecule has 1 unspecified atom stereocenters. The molecule has 1 aromatic rings. The van der Waals surface area contributed by atoms with Gasteiger partial charge in [-0.2, -0.15) is 0 Å². The number of anilines is 1. The monoisotopic (exact) mass is 246 g/mol. The van der Waals surface area contributed by atoms with E-state index in [1.54, 1.807) is 0 Å². The van der Waals surface area contributed by atoms with Gasteiger partial charge in [-0.3, -0.25) is 0 Å². The van der Waals surface area contributed by atoms with E-state index in [1.165, 1.54) is 24.1 Å². The van der Waals surface area contributed by atoms with E-state index in [-0.39, 0.29) is 6.04 Å². The second-order valence-electron chi connectivity index (χ2n) is 5.88. The molecule has 0 heterocycles. The highest BCUT2D eigenvalue weighted by Crippen LogP contribution is 2.32. The summed E-state index contributed by atoms with van der Waals surface area (Å²) in [4.78, 5) is 2.56. The lowest BCUT2D eigenvalue weighted by atomic mass is 10.0. The average molecular weight is 246 g/mol. The Labute approximate surface area is 111 Å². The van der Waals surface area contributed by atoms with Gasteiger partial charge in [-0.05, 0) is 42.9 Å². The van der Waals surface area contributed by atoms with Crippen molar-refractivity contribution in [2.24, 2.45) is 11.7 Å². The third-order valence-electron chi connectivity index (χ3n) is 3.64. The van der Waals surface area contributed by atoms with E-state index in [0.29, 0.717) is 5.92 Å². The Morgan fingerprint density at radius 3 is 2.28 bits per heavy atom. The Kier molecular flexibility index (Phi) is 4.28. The molecule has 18 heavy (non-hydrogen) atoms. The summed E-state index contributed by atoms with van der Waals surface area (Å²) in [5, 5.41) is 0. The molecule has 2 nitrogen and oxygen atoms in total. The van der Waals surface area contributed by atoms with Crippen molar-refractivity contribution in [3.63, 3.8) is 0 Å². The maximum absolute atomic E-state index is 6.06. The molecular formula is C16H26N2. The molecule has 0 radical (unpaired) electrons. The summed E-state index contributed by atoms with van der Waals surface area (Å²) in [5.74, 6) is 0.711.